The van der Waals surface area contributed by atoms with E-state index in [1.54, 1.807) is 11.0 Å². The van der Waals surface area contributed by atoms with Gasteiger partial charge in [0.2, 0.25) is 11.8 Å². The molecule has 8 heteroatoms. The molecule has 0 bridgehead atoms. The summed E-state index contributed by atoms with van der Waals surface area (Å²) in [5.74, 6) is -0.125. The van der Waals surface area contributed by atoms with Crippen LogP contribution < -0.4 is 15.4 Å². The van der Waals surface area contributed by atoms with Crippen LogP contribution in [0.1, 0.15) is 40.7 Å². The molecule has 178 valence electrons. The van der Waals surface area contributed by atoms with E-state index in [1.807, 2.05) is 30.3 Å². The molecule has 2 N–H and O–H groups in total. The van der Waals surface area contributed by atoms with Crippen molar-refractivity contribution in [3.05, 3.63) is 65.2 Å². The van der Waals surface area contributed by atoms with Gasteiger partial charge in [-0.15, -0.1) is 0 Å². The van der Waals surface area contributed by atoms with E-state index in [0.29, 0.717) is 18.5 Å². The SMILES string of the molecule is CN1CC[C@@H](NCc2ccccc2)[C@H](Oc2ccc3c(c2)CN(C2CCC(=O)NC2=O)C3=O)C1. The first kappa shape index (κ1) is 22.6. The van der Waals surface area contributed by atoms with Crippen molar-refractivity contribution in [3.63, 3.8) is 0 Å². The maximum Gasteiger partial charge on any atom is 0.255 e. The van der Waals surface area contributed by atoms with Crippen molar-refractivity contribution < 1.29 is 19.1 Å². The molecular weight excluding hydrogens is 432 g/mol. The van der Waals surface area contributed by atoms with Gasteiger partial charge in [0, 0.05) is 37.7 Å². The van der Waals surface area contributed by atoms with Crippen LogP contribution in [0.3, 0.4) is 0 Å². The Morgan fingerprint density at radius 1 is 1.09 bits per heavy atom. The highest BCUT2D eigenvalue weighted by atomic mass is 16.5. The van der Waals surface area contributed by atoms with E-state index in [4.69, 9.17) is 4.74 Å². The number of hydrogen-bond acceptors (Lipinski definition) is 6. The highest BCUT2D eigenvalue weighted by Crippen LogP contribution is 2.31. The zero-order valence-corrected chi connectivity index (χ0v) is 19.3. The van der Waals surface area contributed by atoms with E-state index < -0.39 is 11.9 Å². The predicted molar refractivity (Wildman–Crippen MR) is 126 cm³/mol. The third kappa shape index (κ3) is 4.69. The van der Waals surface area contributed by atoms with Crippen molar-refractivity contribution in [1.82, 2.24) is 20.4 Å². The van der Waals surface area contributed by atoms with Gasteiger partial charge in [-0.2, -0.15) is 0 Å². The van der Waals surface area contributed by atoms with Gasteiger partial charge in [0.25, 0.3) is 5.91 Å². The van der Waals surface area contributed by atoms with Gasteiger partial charge in [0.05, 0.1) is 0 Å². The highest BCUT2D eigenvalue weighted by Gasteiger charge is 2.39. The van der Waals surface area contributed by atoms with Crippen molar-refractivity contribution in [3.8, 4) is 5.75 Å². The largest absolute Gasteiger partial charge is 0.487 e. The second-order valence-corrected chi connectivity index (χ2v) is 9.40. The molecule has 0 aromatic heterocycles. The number of piperidine rings is 2. The molecule has 3 amide bonds. The molecule has 2 fully saturated rings. The zero-order chi connectivity index (χ0) is 23.7. The number of nitrogens with zero attached hydrogens (tertiary/aromatic N) is 2. The molecule has 3 heterocycles. The molecule has 3 aliphatic heterocycles. The normalized spacial score (nSPS) is 25.3. The molecule has 2 aromatic rings. The number of ether oxygens (including phenoxy) is 1. The van der Waals surface area contributed by atoms with E-state index in [2.05, 4.69) is 34.7 Å². The zero-order valence-electron chi connectivity index (χ0n) is 19.3. The van der Waals surface area contributed by atoms with E-state index >= 15 is 0 Å². The molecule has 1 unspecified atom stereocenters. The Morgan fingerprint density at radius 2 is 1.91 bits per heavy atom. The van der Waals surface area contributed by atoms with Gasteiger partial charge in [0.15, 0.2) is 0 Å². The first-order chi connectivity index (χ1) is 16.5. The number of nitrogens with one attached hydrogen (secondary N) is 2. The van der Waals surface area contributed by atoms with Crippen LogP contribution in [-0.2, 0) is 22.7 Å². The summed E-state index contributed by atoms with van der Waals surface area (Å²) in [6.45, 7) is 2.95. The smallest absolute Gasteiger partial charge is 0.255 e. The molecule has 8 nitrogen and oxygen atoms in total. The Bertz CT molecular complexity index is 1090. The predicted octanol–water partition coefficient (Wildman–Crippen LogP) is 1.69. The minimum absolute atomic E-state index is 0.0242. The molecular formula is C26H30N4O4. The molecule has 3 aliphatic rings. The molecule has 2 aromatic carbocycles. The minimum Gasteiger partial charge on any atom is -0.487 e. The summed E-state index contributed by atoms with van der Waals surface area (Å²) in [7, 11) is 2.10. The minimum atomic E-state index is -0.611. The first-order valence-electron chi connectivity index (χ1n) is 11.9. The third-order valence-electron chi connectivity index (χ3n) is 6.96. The van der Waals surface area contributed by atoms with Gasteiger partial charge in [-0.25, -0.2) is 0 Å². The van der Waals surface area contributed by atoms with Crippen molar-refractivity contribution in [1.29, 1.82) is 0 Å². The van der Waals surface area contributed by atoms with Crippen LogP contribution in [0, 0.1) is 0 Å². The monoisotopic (exact) mass is 462 g/mol. The second-order valence-electron chi connectivity index (χ2n) is 9.40. The number of hydrogen-bond donors (Lipinski definition) is 2. The Kier molecular flexibility index (Phi) is 6.34. The summed E-state index contributed by atoms with van der Waals surface area (Å²) in [4.78, 5) is 40.5. The number of fused-ring (bicyclic) bond motifs is 1. The average molecular weight is 463 g/mol. The summed E-state index contributed by atoms with van der Waals surface area (Å²) < 4.78 is 6.45. The lowest BCUT2D eigenvalue weighted by Gasteiger charge is -2.37. The lowest BCUT2D eigenvalue weighted by molar-refractivity contribution is -0.136. The topological polar surface area (TPSA) is 91.0 Å². The second kappa shape index (κ2) is 9.56. The summed E-state index contributed by atoms with van der Waals surface area (Å²) in [6, 6.07) is 15.5. The lowest BCUT2D eigenvalue weighted by atomic mass is 10.0. The summed E-state index contributed by atoms with van der Waals surface area (Å²) in [5.41, 5.74) is 2.69. The van der Waals surface area contributed by atoms with Gasteiger partial charge in [0.1, 0.15) is 17.9 Å². The average Bonchev–Trinajstić information content (AvgIpc) is 3.15. The number of amides is 3. The number of carbonyl (C=O) groups is 3. The van der Waals surface area contributed by atoms with Crippen molar-refractivity contribution in [2.75, 3.05) is 20.1 Å². The van der Waals surface area contributed by atoms with Crippen LogP contribution in [0.2, 0.25) is 0 Å². The fraction of sp³-hybridized carbons (Fsp3) is 0.423. The van der Waals surface area contributed by atoms with E-state index in [-0.39, 0.29) is 30.4 Å². The molecule has 3 atom stereocenters. The van der Waals surface area contributed by atoms with Gasteiger partial charge in [-0.1, -0.05) is 30.3 Å². The quantitative estimate of drug-likeness (QED) is 0.635. The van der Waals surface area contributed by atoms with Crippen molar-refractivity contribution in [2.45, 2.75) is 50.5 Å². The van der Waals surface area contributed by atoms with Crippen LogP contribution in [0.5, 0.6) is 5.75 Å². The number of rotatable bonds is 6. The Labute approximate surface area is 199 Å². The number of carbonyl (C=O) groups excluding carboxylic acids is 3. The maximum absolute atomic E-state index is 12.9. The summed E-state index contributed by atoms with van der Waals surface area (Å²) in [5, 5.41) is 6.00. The Morgan fingerprint density at radius 3 is 2.71 bits per heavy atom. The number of likely N-dealkylation sites (N-methyl/N-ethyl adjacent to an activating group) is 1. The van der Waals surface area contributed by atoms with E-state index in [1.165, 1.54) is 5.56 Å². The number of benzene rings is 2. The fourth-order valence-corrected chi connectivity index (χ4v) is 5.07. The fourth-order valence-electron chi connectivity index (χ4n) is 5.07. The Hall–Kier alpha value is -3.23. The van der Waals surface area contributed by atoms with Crippen LogP contribution in [-0.4, -0.2) is 65.8 Å². The summed E-state index contributed by atoms with van der Waals surface area (Å²) in [6.07, 6.45) is 1.57. The van der Waals surface area contributed by atoms with Gasteiger partial charge < -0.3 is 19.9 Å². The van der Waals surface area contributed by atoms with E-state index in [0.717, 1.165) is 37.4 Å². The standard InChI is InChI=1S/C26H30N4O4/c1-29-12-11-21(27-14-17-5-3-2-4-6-17)23(16-29)34-19-7-8-20-18(13-19)15-30(26(20)33)22-9-10-24(31)28-25(22)32/h2-8,13,21-23,27H,9-12,14-16H2,1H3,(H,28,31,32)/t21-,22?,23-/m1/s1. The van der Waals surface area contributed by atoms with Crippen molar-refractivity contribution >= 4 is 17.7 Å². The van der Waals surface area contributed by atoms with Gasteiger partial charge in [-0.3, -0.25) is 19.7 Å². The molecule has 34 heavy (non-hydrogen) atoms. The molecule has 5 rings (SSSR count). The van der Waals surface area contributed by atoms with Gasteiger partial charge >= 0.3 is 0 Å². The van der Waals surface area contributed by atoms with Crippen LogP contribution in [0.25, 0.3) is 0 Å². The first-order valence-corrected chi connectivity index (χ1v) is 11.9. The Balaban J connectivity index is 1.27. The number of imide groups is 1. The molecule has 2 saturated heterocycles. The van der Waals surface area contributed by atoms with Gasteiger partial charge in [-0.05, 0) is 55.8 Å². The third-order valence-corrected chi connectivity index (χ3v) is 6.96. The van der Waals surface area contributed by atoms with E-state index in [9.17, 15) is 14.4 Å². The maximum atomic E-state index is 12.9. The molecule has 0 aliphatic carbocycles. The molecule has 0 radical (unpaired) electrons. The summed E-state index contributed by atoms with van der Waals surface area (Å²) >= 11 is 0. The number of likely N-dealkylation sites (tertiary alicyclic amines) is 1. The van der Waals surface area contributed by atoms with Crippen molar-refractivity contribution in [2.24, 2.45) is 0 Å². The van der Waals surface area contributed by atoms with Crippen LogP contribution in [0.15, 0.2) is 48.5 Å². The molecule has 0 spiro atoms. The van der Waals surface area contributed by atoms with Crippen LogP contribution in [0.4, 0.5) is 0 Å². The highest BCUT2D eigenvalue weighted by molar-refractivity contribution is 6.05. The lowest BCUT2D eigenvalue weighted by Crippen LogP contribution is -2.53. The molecule has 0 saturated carbocycles. The van der Waals surface area contributed by atoms with Crippen LogP contribution >= 0.6 is 0 Å².